The van der Waals surface area contributed by atoms with Crippen LogP contribution in [0.3, 0.4) is 0 Å². The minimum atomic E-state index is -3.37. The van der Waals surface area contributed by atoms with Crippen LogP contribution in [0.2, 0.25) is 0 Å². The van der Waals surface area contributed by atoms with Crippen LogP contribution < -0.4 is 5.73 Å². The summed E-state index contributed by atoms with van der Waals surface area (Å²) in [6.45, 7) is -1.30. The van der Waals surface area contributed by atoms with Crippen molar-refractivity contribution in [2.45, 2.75) is 12.0 Å². The van der Waals surface area contributed by atoms with Crippen LogP contribution in [-0.2, 0) is 0 Å². The zero-order valence-corrected chi connectivity index (χ0v) is 12.2. The van der Waals surface area contributed by atoms with Crippen LogP contribution in [0.25, 0.3) is 0 Å². The number of hydrogen-bond donors (Lipinski definition) is 3. The van der Waals surface area contributed by atoms with Gasteiger partial charge in [0, 0.05) is 0 Å². The number of hydrogen-bond acceptors (Lipinski definition) is 3. The van der Waals surface area contributed by atoms with Gasteiger partial charge in [-0.3, -0.25) is 0 Å². The van der Waals surface area contributed by atoms with Gasteiger partial charge in [-0.05, 0) is 62.9 Å². The molecular formula is C9H9F2I2NO2. The second kappa shape index (κ2) is 5.27. The number of halogens is 4. The van der Waals surface area contributed by atoms with Gasteiger partial charge in [-0.15, -0.1) is 0 Å². The lowest BCUT2D eigenvalue weighted by atomic mass is 10.0. The number of aliphatic hydroxyl groups excluding tert-OH is 1. The van der Waals surface area contributed by atoms with E-state index >= 15 is 0 Å². The monoisotopic (exact) mass is 455 g/mol. The average molecular weight is 455 g/mol. The van der Waals surface area contributed by atoms with E-state index in [-0.39, 0.29) is 11.3 Å². The van der Waals surface area contributed by atoms with Crippen LogP contribution in [-0.4, -0.2) is 22.7 Å². The Bertz CT molecular complexity index is 378. The minimum absolute atomic E-state index is 0.0458. The fourth-order valence-electron chi connectivity index (χ4n) is 1.11. The third-order valence-corrected chi connectivity index (χ3v) is 3.71. The fourth-order valence-corrected chi connectivity index (χ4v) is 2.92. The molecule has 0 amide bonds. The predicted octanol–water partition coefficient (Wildman–Crippen LogP) is 2.23. The van der Waals surface area contributed by atoms with Gasteiger partial charge in [0.15, 0.2) is 0 Å². The number of phenols is 1. The summed E-state index contributed by atoms with van der Waals surface area (Å²) in [5.41, 5.74) is 5.56. The number of aliphatic hydroxyl groups is 1. The lowest BCUT2D eigenvalue weighted by Gasteiger charge is -2.22. The number of rotatable bonds is 3. The molecule has 0 bridgehead atoms. The highest BCUT2D eigenvalue weighted by atomic mass is 127. The van der Waals surface area contributed by atoms with Crippen LogP contribution in [0, 0.1) is 7.14 Å². The highest BCUT2D eigenvalue weighted by Crippen LogP contribution is 2.34. The number of nitrogens with two attached hydrogens (primary N) is 1. The molecule has 0 radical (unpaired) electrons. The summed E-state index contributed by atoms with van der Waals surface area (Å²) >= 11 is 3.66. The lowest BCUT2D eigenvalue weighted by Crippen LogP contribution is -2.36. The van der Waals surface area contributed by atoms with Gasteiger partial charge in [0.05, 0.1) is 13.2 Å². The summed E-state index contributed by atoms with van der Waals surface area (Å²) in [5, 5.41) is 18.0. The Morgan fingerprint density at radius 2 is 1.75 bits per heavy atom. The topological polar surface area (TPSA) is 66.5 Å². The van der Waals surface area contributed by atoms with E-state index in [1.807, 2.05) is 45.2 Å². The van der Waals surface area contributed by atoms with Crippen molar-refractivity contribution in [2.75, 3.05) is 6.61 Å². The van der Waals surface area contributed by atoms with Gasteiger partial charge in [0.2, 0.25) is 0 Å². The Labute approximate surface area is 118 Å². The highest BCUT2D eigenvalue weighted by Gasteiger charge is 2.37. The van der Waals surface area contributed by atoms with Crippen molar-refractivity contribution >= 4 is 45.2 Å². The van der Waals surface area contributed by atoms with Gasteiger partial charge in [-0.25, -0.2) is 8.78 Å². The van der Waals surface area contributed by atoms with E-state index in [9.17, 15) is 13.9 Å². The van der Waals surface area contributed by atoms with Crippen molar-refractivity contribution in [1.29, 1.82) is 0 Å². The Morgan fingerprint density at radius 1 is 1.31 bits per heavy atom. The number of alkyl halides is 2. The molecule has 16 heavy (non-hydrogen) atoms. The largest absolute Gasteiger partial charge is 0.506 e. The predicted molar refractivity (Wildman–Crippen MR) is 72.5 cm³/mol. The van der Waals surface area contributed by atoms with Crippen LogP contribution in [0.1, 0.15) is 11.6 Å². The molecular weight excluding hydrogens is 446 g/mol. The van der Waals surface area contributed by atoms with Crippen molar-refractivity contribution < 1.29 is 19.0 Å². The molecule has 1 aromatic rings. The van der Waals surface area contributed by atoms with Gasteiger partial charge in [0.1, 0.15) is 12.4 Å². The van der Waals surface area contributed by atoms with E-state index in [2.05, 4.69) is 0 Å². The Morgan fingerprint density at radius 3 is 2.12 bits per heavy atom. The van der Waals surface area contributed by atoms with Crippen molar-refractivity contribution in [3.63, 3.8) is 0 Å². The van der Waals surface area contributed by atoms with Crippen molar-refractivity contribution in [1.82, 2.24) is 0 Å². The lowest BCUT2D eigenvalue weighted by molar-refractivity contribution is -0.0712. The Balaban J connectivity index is 3.15. The second-order valence-electron chi connectivity index (χ2n) is 3.23. The van der Waals surface area contributed by atoms with Gasteiger partial charge in [0.25, 0.3) is 5.92 Å². The van der Waals surface area contributed by atoms with E-state index in [1.165, 1.54) is 12.1 Å². The maximum atomic E-state index is 13.2. The molecule has 90 valence electrons. The minimum Gasteiger partial charge on any atom is -0.506 e. The summed E-state index contributed by atoms with van der Waals surface area (Å²) < 4.78 is 27.2. The molecule has 0 aromatic heterocycles. The molecule has 1 rings (SSSR count). The molecule has 1 atom stereocenters. The van der Waals surface area contributed by atoms with Gasteiger partial charge in [-0.1, -0.05) is 0 Å². The summed E-state index contributed by atoms with van der Waals surface area (Å²) in [4.78, 5) is 0. The number of benzene rings is 1. The molecule has 0 aliphatic rings. The van der Waals surface area contributed by atoms with Crippen LogP contribution >= 0.6 is 45.2 Å². The van der Waals surface area contributed by atoms with Crippen molar-refractivity contribution in [2.24, 2.45) is 5.73 Å². The van der Waals surface area contributed by atoms with Gasteiger partial charge < -0.3 is 15.9 Å². The smallest absolute Gasteiger partial charge is 0.289 e. The normalized spacial score (nSPS) is 13.9. The molecule has 1 aromatic carbocycles. The van der Waals surface area contributed by atoms with Crippen LogP contribution in [0.5, 0.6) is 5.75 Å². The number of aromatic hydroxyl groups is 1. The molecule has 0 spiro atoms. The average Bonchev–Trinajstić information content (AvgIpc) is 2.24. The molecule has 0 saturated heterocycles. The van der Waals surface area contributed by atoms with Crippen LogP contribution in [0.4, 0.5) is 8.78 Å². The molecule has 0 fully saturated rings. The van der Waals surface area contributed by atoms with Crippen molar-refractivity contribution in [3.05, 3.63) is 24.8 Å². The first-order valence-electron chi connectivity index (χ1n) is 4.21. The molecule has 0 aliphatic heterocycles. The standard InChI is InChI=1S/C9H9F2I2NO2/c10-9(11,3-15)8(14)4-1-5(12)7(16)6(13)2-4/h1-2,8,15-16H,3,14H2/t8-/m1/s1. The second-order valence-corrected chi connectivity index (χ2v) is 5.55. The first-order chi connectivity index (χ1) is 7.29. The maximum Gasteiger partial charge on any atom is 0.289 e. The van der Waals surface area contributed by atoms with E-state index < -0.39 is 18.6 Å². The molecule has 7 heteroatoms. The van der Waals surface area contributed by atoms with E-state index in [0.29, 0.717) is 7.14 Å². The summed E-state index contributed by atoms with van der Waals surface area (Å²) in [5.74, 6) is -3.33. The third kappa shape index (κ3) is 2.93. The quantitative estimate of drug-likeness (QED) is 0.614. The first kappa shape index (κ1) is 14.3. The Hall–Kier alpha value is 0.260. The molecule has 3 nitrogen and oxygen atoms in total. The zero-order chi connectivity index (χ0) is 12.5. The summed E-state index contributed by atoms with van der Waals surface area (Å²) in [6.07, 6.45) is 0. The summed E-state index contributed by atoms with van der Waals surface area (Å²) in [6, 6.07) is 1.18. The van der Waals surface area contributed by atoms with E-state index in [4.69, 9.17) is 10.8 Å². The van der Waals surface area contributed by atoms with Crippen LogP contribution in [0.15, 0.2) is 12.1 Å². The molecule has 0 saturated carbocycles. The molecule has 0 aliphatic carbocycles. The molecule has 0 heterocycles. The third-order valence-electron chi connectivity index (χ3n) is 2.06. The first-order valence-corrected chi connectivity index (χ1v) is 6.37. The maximum absolute atomic E-state index is 13.2. The van der Waals surface area contributed by atoms with E-state index in [1.54, 1.807) is 0 Å². The van der Waals surface area contributed by atoms with E-state index in [0.717, 1.165) is 0 Å². The molecule has 0 unspecified atom stereocenters. The van der Waals surface area contributed by atoms with Crippen molar-refractivity contribution in [3.8, 4) is 5.75 Å². The Kier molecular flexibility index (Phi) is 4.72. The number of phenolic OH excluding ortho intramolecular Hbond substituents is 1. The fraction of sp³-hybridized carbons (Fsp3) is 0.333. The highest BCUT2D eigenvalue weighted by molar-refractivity contribution is 14.1. The van der Waals surface area contributed by atoms with Gasteiger partial charge >= 0.3 is 0 Å². The molecule has 4 N–H and O–H groups in total. The SMILES string of the molecule is N[C@H](c1cc(I)c(O)c(I)c1)C(F)(F)CO. The van der Waals surface area contributed by atoms with Gasteiger partial charge in [-0.2, -0.15) is 0 Å². The zero-order valence-electron chi connectivity index (χ0n) is 7.92. The summed E-state index contributed by atoms with van der Waals surface area (Å²) in [7, 11) is 0.